The molecule has 2 aliphatic rings. The van der Waals surface area contributed by atoms with E-state index in [1.807, 2.05) is 24.3 Å². The summed E-state index contributed by atoms with van der Waals surface area (Å²) in [6.07, 6.45) is 1.61. The summed E-state index contributed by atoms with van der Waals surface area (Å²) in [6.45, 7) is 5.07. The van der Waals surface area contributed by atoms with Crippen LogP contribution in [0.15, 0.2) is 24.3 Å². The molecule has 2 heterocycles. The summed E-state index contributed by atoms with van der Waals surface area (Å²) in [5.41, 5.74) is 1.22. The Kier molecular flexibility index (Phi) is 4.85. The highest BCUT2D eigenvalue weighted by atomic mass is 32.2. The summed E-state index contributed by atoms with van der Waals surface area (Å²) >= 11 is 0. The molecule has 2 fully saturated rings. The number of amides is 1. The number of carbonyl (C=O) groups excluding carboxylic acids is 1. The second kappa shape index (κ2) is 6.75. The van der Waals surface area contributed by atoms with Crippen molar-refractivity contribution in [2.75, 3.05) is 25.4 Å². The lowest BCUT2D eigenvalue weighted by atomic mass is 10.0. The number of fused-ring (bicyclic) bond motifs is 1. The zero-order valence-electron chi connectivity index (χ0n) is 14.3. The third kappa shape index (κ3) is 3.58. The number of hydrogen-bond donors (Lipinski definition) is 0. The van der Waals surface area contributed by atoms with E-state index in [1.54, 1.807) is 4.90 Å². The lowest BCUT2D eigenvalue weighted by Gasteiger charge is -2.23. The Balaban J connectivity index is 1.56. The minimum atomic E-state index is -3.04. The second-order valence-corrected chi connectivity index (χ2v) is 9.46. The molecule has 2 aliphatic heterocycles. The van der Waals surface area contributed by atoms with Gasteiger partial charge < -0.3 is 9.64 Å². The van der Waals surface area contributed by atoms with Gasteiger partial charge in [-0.05, 0) is 42.4 Å². The van der Waals surface area contributed by atoms with Crippen LogP contribution in [-0.2, 0) is 14.6 Å². The summed E-state index contributed by atoms with van der Waals surface area (Å²) in [5.74, 6) is 1.34. The molecule has 5 nitrogen and oxygen atoms in total. The SMILES string of the molecule is CC(C)c1ccc(OCC(=O)N2C[C@@H]3CCCS(=O)(=O)[C@@H]3C2)cc1. The average Bonchev–Trinajstić information content (AvgIpc) is 2.99. The molecule has 0 radical (unpaired) electrons. The maximum atomic E-state index is 12.4. The maximum absolute atomic E-state index is 12.4. The van der Waals surface area contributed by atoms with Crippen molar-refractivity contribution in [3.63, 3.8) is 0 Å². The number of nitrogens with zero attached hydrogens (tertiary/aromatic N) is 1. The summed E-state index contributed by atoms with van der Waals surface area (Å²) in [5, 5.41) is -0.375. The molecule has 3 rings (SSSR count). The summed E-state index contributed by atoms with van der Waals surface area (Å²) < 4.78 is 29.8. The summed E-state index contributed by atoms with van der Waals surface area (Å²) in [7, 11) is -3.04. The van der Waals surface area contributed by atoms with E-state index in [9.17, 15) is 13.2 Å². The zero-order chi connectivity index (χ0) is 17.3. The topological polar surface area (TPSA) is 63.7 Å². The van der Waals surface area contributed by atoms with Crippen molar-refractivity contribution in [3.8, 4) is 5.75 Å². The molecule has 1 amide bonds. The largest absolute Gasteiger partial charge is 0.484 e. The number of likely N-dealkylation sites (tertiary alicyclic amines) is 1. The van der Waals surface area contributed by atoms with Gasteiger partial charge in [0.25, 0.3) is 5.91 Å². The van der Waals surface area contributed by atoms with Gasteiger partial charge in [0.2, 0.25) is 0 Å². The van der Waals surface area contributed by atoms with Gasteiger partial charge >= 0.3 is 0 Å². The molecule has 24 heavy (non-hydrogen) atoms. The van der Waals surface area contributed by atoms with Gasteiger partial charge in [-0.25, -0.2) is 8.42 Å². The van der Waals surface area contributed by atoms with Crippen LogP contribution in [0.1, 0.15) is 38.2 Å². The fourth-order valence-electron chi connectivity index (χ4n) is 3.61. The van der Waals surface area contributed by atoms with Gasteiger partial charge in [-0.3, -0.25) is 4.79 Å². The van der Waals surface area contributed by atoms with Gasteiger partial charge in [0.15, 0.2) is 16.4 Å². The van der Waals surface area contributed by atoms with Crippen molar-refractivity contribution in [1.29, 1.82) is 0 Å². The molecular formula is C18H25NO4S. The van der Waals surface area contributed by atoms with Gasteiger partial charge in [0.1, 0.15) is 5.75 Å². The molecule has 2 saturated heterocycles. The highest BCUT2D eigenvalue weighted by Gasteiger charge is 2.44. The fraction of sp³-hybridized carbons (Fsp3) is 0.611. The van der Waals surface area contributed by atoms with Crippen LogP contribution in [0.2, 0.25) is 0 Å². The summed E-state index contributed by atoms with van der Waals surface area (Å²) in [4.78, 5) is 14.0. The highest BCUT2D eigenvalue weighted by Crippen LogP contribution is 2.32. The van der Waals surface area contributed by atoms with Gasteiger partial charge in [0.05, 0.1) is 11.0 Å². The number of benzene rings is 1. The van der Waals surface area contributed by atoms with Crippen LogP contribution < -0.4 is 4.74 Å². The molecule has 0 N–H and O–H groups in total. The van der Waals surface area contributed by atoms with Crippen molar-refractivity contribution < 1.29 is 17.9 Å². The number of sulfone groups is 1. The van der Waals surface area contributed by atoms with Gasteiger partial charge in [-0.15, -0.1) is 0 Å². The third-order valence-corrected chi connectivity index (χ3v) is 7.42. The first-order valence-electron chi connectivity index (χ1n) is 8.59. The van der Waals surface area contributed by atoms with Crippen molar-refractivity contribution in [1.82, 2.24) is 4.90 Å². The van der Waals surface area contributed by atoms with Crippen LogP contribution in [0, 0.1) is 5.92 Å². The van der Waals surface area contributed by atoms with Crippen molar-refractivity contribution in [3.05, 3.63) is 29.8 Å². The van der Waals surface area contributed by atoms with E-state index < -0.39 is 9.84 Å². The van der Waals surface area contributed by atoms with Crippen LogP contribution in [0.4, 0.5) is 0 Å². The molecule has 0 unspecified atom stereocenters. The fourth-order valence-corrected chi connectivity index (χ4v) is 5.70. The molecule has 0 spiro atoms. The monoisotopic (exact) mass is 351 g/mol. The van der Waals surface area contributed by atoms with Crippen LogP contribution in [-0.4, -0.2) is 49.9 Å². The molecule has 6 heteroatoms. The smallest absolute Gasteiger partial charge is 0.260 e. The molecular weight excluding hydrogens is 326 g/mol. The van der Waals surface area contributed by atoms with E-state index in [4.69, 9.17) is 4.74 Å². The van der Waals surface area contributed by atoms with Crippen LogP contribution in [0.25, 0.3) is 0 Å². The molecule has 1 aromatic rings. The molecule has 0 aromatic heterocycles. The average molecular weight is 351 g/mol. The maximum Gasteiger partial charge on any atom is 0.260 e. The van der Waals surface area contributed by atoms with E-state index in [-0.39, 0.29) is 29.4 Å². The van der Waals surface area contributed by atoms with E-state index >= 15 is 0 Å². The Morgan fingerprint density at radius 3 is 2.58 bits per heavy atom. The second-order valence-electron chi connectivity index (χ2n) is 7.12. The van der Waals surface area contributed by atoms with Crippen molar-refractivity contribution >= 4 is 15.7 Å². The quantitative estimate of drug-likeness (QED) is 0.834. The minimum absolute atomic E-state index is 0.0412. The Labute approximate surface area is 143 Å². The number of ether oxygens (including phenoxy) is 1. The Bertz CT molecular complexity index is 696. The van der Waals surface area contributed by atoms with Crippen LogP contribution in [0.3, 0.4) is 0 Å². The predicted octanol–water partition coefficient (Wildman–Crippen LogP) is 2.22. The highest BCUT2D eigenvalue weighted by molar-refractivity contribution is 7.92. The van der Waals surface area contributed by atoms with Crippen LogP contribution >= 0.6 is 0 Å². The molecule has 0 aliphatic carbocycles. The first-order valence-corrected chi connectivity index (χ1v) is 10.3. The number of hydrogen-bond acceptors (Lipinski definition) is 4. The van der Waals surface area contributed by atoms with E-state index in [1.165, 1.54) is 5.56 Å². The zero-order valence-corrected chi connectivity index (χ0v) is 15.1. The molecule has 0 saturated carbocycles. The van der Waals surface area contributed by atoms with Crippen molar-refractivity contribution in [2.24, 2.45) is 5.92 Å². The first kappa shape index (κ1) is 17.3. The molecule has 0 bridgehead atoms. The van der Waals surface area contributed by atoms with E-state index in [0.717, 1.165) is 6.42 Å². The lowest BCUT2D eigenvalue weighted by molar-refractivity contribution is -0.132. The van der Waals surface area contributed by atoms with Crippen LogP contribution in [0.5, 0.6) is 5.75 Å². The number of carbonyl (C=O) groups is 1. The van der Waals surface area contributed by atoms with Crippen molar-refractivity contribution in [2.45, 2.75) is 37.9 Å². The van der Waals surface area contributed by atoms with E-state index in [0.29, 0.717) is 31.2 Å². The van der Waals surface area contributed by atoms with Gasteiger partial charge in [-0.2, -0.15) is 0 Å². The number of rotatable bonds is 4. The molecule has 2 atom stereocenters. The standard InChI is InChI=1S/C18H25NO4S/c1-13(2)14-5-7-16(8-6-14)23-12-18(20)19-10-15-4-3-9-24(21,22)17(15)11-19/h5-8,13,15,17H,3-4,9-12H2,1-2H3/t15-,17+/m0/s1. The first-order chi connectivity index (χ1) is 11.4. The Morgan fingerprint density at radius 1 is 1.25 bits per heavy atom. The van der Waals surface area contributed by atoms with Gasteiger partial charge in [-0.1, -0.05) is 26.0 Å². The Morgan fingerprint density at radius 2 is 1.96 bits per heavy atom. The minimum Gasteiger partial charge on any atom is -0.484 e. The van der Waals surface area contributed by atoms with E-state index in [2.05, 4.69) is 13.8 Å². The lowest BCUT2D eigenvalue weighted by Crippen LogP contribution is -2.37. The van der Waals surface area contributed by atoms with Gasteiger partial charge in [0, 0.05) is 13.1 Å². The Hall–Kier alpha value is -1.56. The molecule has 1 aromatic carbocycles. The normalized spacial score (nSPS) is 25.5. The summed E-state index contributed by atoms with van der Waals surface area (Å²) in [6, 6.07) is 7.75. The molecule has 132 valence electrons. The third-order valence-electron chi connectivity index (χ3n) is 5.11. The predicted molar refractivity (Wildman–Crippen MR) is 92.9 cm³/mol.